The molecule has 0 amide bonds. The Balaban J connectivity index is 1.57. The molecule has 100 valence electrons. The highest BCUT2D eigenvalue weighted by Gasteiger charge is 2.17. The first kappa shape index (κ1) is 13.3. The molecule has 2 aliphatic rings. The molecule has 4 nitrogen and oxygen atoms in total. The van der Waals surface area contributed by atoms with Gasteiger partial charge in [0, 0.05) is 19.1 Å². The van der Waals surface area contributed by atoms with Crippen LogP contribution in [-0.4, -0.2) is 56.6 Å². The fourth-order valence-corrected chi connectivity index (χ4v) is 2.55. The smallest absolute Gasteiger partial charge is 0.169 e. The van der Waals surface area contributed by atoms with Crippen LogP contribution in [0.2, 0.25) is 0 Å². The second-order valence-electron chi connectivity index (χ2n) is 5.20. The van der Waals surface area contributed by atoms with Crippen molar-refractivity contribution < 1.29 is 9.47 Å². The predicted octanol–water partition coefficient (Wildman–Crippen LogP) is 1.21. The van der Waals surface area contributed by atoms with Crippen molar-refractivity contribution in [1.82, 2.24) is 10.2 Å². The van der Waals surface area contributed by atoms with Crippen LogP contribution in [0, 0.1) is 0 Å². The molecule has 0 saturated carbocycles. The summed E-state index contributed by atoms with van der Waals surface area (Å²) in [4.78, 5) is 2.56. The van der Waals surface area contributed by atoms with Gasteiger partial charge in [-0.15, -0.1) is 0 Å². The summed E-state index contributed by atoms with van der Waals surface area (Å²) in [6.07, 6.45) is 5.12. The molecule has 1 N–H and O–H groups in total. The van der Waals surface area contributed by atoms with Gasteiger partial charge in [-0.25, -0.2) is 0 Å². The predicted molar refractivity (Wildman–Crippen MR) is 68.1 cm³/mol. The Morgan fingerprint density at radius 3 is 2.53 bits per heavy atom. The Labute approximate surface area is 105 Å². The summed E-state index contributed by atoms with van der Waals surface area (Å²) in [5.74, 6) is 0. The maximum absolute atomic E-state index is 5.52. The van der Waals surface area contributed by atoms with Crippen molar-refractivity contribution in [2.45, 2.75) is 44.9 Å². The van der Waals surface area contributed by atoms with Crippen molar-refractivity contribution in [3.63, 3.8) is 0 Å². The fraction of sp³-hybridized carbons (Fsp3) is 1.00. The molecule has 2 fully saturated rings. The SMILES string of the molecule is CC(CN1CCCCC1)NCC1OCCCO1. The number of hydrogen-bond acceptors (Lipinski definition) is 4. The van der Waals surface area contributed by atoms with Crippen molar-refractivity contribution in [2.75, 3.05) is 39.4 Å². The van der Waals surface area contributed by atoms with E-state index in [0.29, 0.717) is 6.04 Å². The molecule has 0 aromatic carbocycles. The zero-order chi connectivity index (χ0) is 11.9. The van der Waals surface area contributed by atoms with Gasteiger partial charge in [0.15, 0.2) is 6.29 Å². The van der Waals surface area contributed by atoms with Gasteiger partial charge in [0.2, 0.25) is 0 Å². The molecular weight excluding hydrogens is 216 g/mol. The first-order valence-electron chi connectivity index (χ1n) is 7.03. The Bertz CT molecular complexity index is 202. The van der Waals surface area contributed by atoms with E-state index in [-0.39, 0.29) is 6.29 Å². The van der Waals surface area contributed by atoms with E-state index in [1.54, 1.807) is 0 Å². The minimum Gasteiger partial charge on any atom is -0.351 e. The van der Waals surface area contributed by atoms with E-state index >= 15 is 0 Å². The monoisotopic (exact) mass is 242 g/mol. The van der Waals surface area contributed by atoms with Gasteiger partial charge in [0.05, 0.1) is 13.2 Å². The normalized spacial score (nSPS) is 25.9. The lowest BCUT2D eigenvalue weighted by Crippen LogP contribution is -2.45. The number of rotatable bonds is 5. The minimum absolute atomic E-state index is 0.0347. The number of piperidine rings is 1. The van der Waals surface area contributed by atoms with E-state index in [2.05, 4.69) is 17.1 Å². The topological polar surface area (TPSA) is 33.7 Å². The summed E-state index contributed by atoms with van der Waals surface area (Å²) in [5.41, 5.74) is 0. The molecule has 0 aliphatic carbocycles. The fourth-order valence-electron chi connectivity index (χ4n) is 2.55. The Morgan fingerprint density at radius 1 is 1.12 bits per heavy atom. The van der Waals surface area contributed by atoms with E-state index in [0.717, 1.165) is 32.7 Å². The van der Waals surface area contributed by atoms with Crippen molar-refractivity contribution in [3.8, 4) is 0 Å². The van der Waals surface area contributed by atoms with Gasteiger partial charge in [-0.1, -0.05) is 6.42 Å². The third kappa shape index (κ3) is 4.92. The molecule has 0 spiro atoms. The maximum Gasteiger partial charge on any atom is 0.169 e. The van der Waals surface area contributed by atoms with Crippen LogP contribution in [0.25, 0.3) is 0 Å². The van der Waals surface area contributed by atoms with Gasteiger partial charge >= 0.3 is 0 Å². The summed E-state index contributed by atoms with van der Waals surface area (Å²) in [7, 11) is 0. The lowest BCUT2D eigenvalue weighted by Gasteiger charge is -2.30. The molecule has 1 atom stereocenters. The quantitative estimate of drug-likeness (QED) is 0.786. The molecule has 4 heteroatoms. The van der Waals surface area contributed by atoms with Crippen LogP contribution in [0.15, 0.2) is 0 Å². The first-order chi connectivity index (χ1) is 8.34. The van der Waals surface area contributed by atoms with Crippen molar-refractivity contribution >= 4 is 0 Å². The summed E-state index contributed by atoms with van der Waals surface area (Å²) in [6.45, 7) is 8.42. The van der Waals surface area contributed by atoms with Gasteiger partial charge in [0.25, 0.3) is 0 Å². The molecule has 2 aliphatic heterocycles. The van der Waals surface area contributed by atoms with E-state index in [1.807, 2.05) is 0 Å². The lowest BCUT2D eigenvalue weighted by atomic mass is 10.1. The van der Waals surface area contributed by atoms with Crippen LogP contribution in [0.1, 0.15) is 32.6 Å². The summed E-state index contributed by atoms with van der Waals surface area (Å²) in [5, 5.41) is 3.51. The molecule has 0 aromatic rings. The van der Waals surface area contributed by atoms with E-state index in [4.69, 9.17) is 9.47 Å². The van der Waals surface area contributed by atoms with E-state index in [9.17, 15) is 0 Å². The van der Waals surface area contributed by atoms with Gasteiger partial charge in [-0.3, -0.25) is 0 Å². The second kappa shape index (κ2) is 7.31. The highest BCUT2D eigenvalue weighted by molar-refractivity contribution is 4.71. The van der Waals surface area contributed by atoms with Crippen LogP contribution in [0.4, 0.5) is 0 Å². The standard InChI is InChI=1S/C13H26N2O2/c1-12(11-15-6-3-2-4-7-15)14-10-13-16-8-5-9-17-13/h12-14H,2-11H2,1H3. The molecule has 0 aromatic heterocycles. The minimum atomic E-state index is -0.0347. The number of hydrogen-bond donors (Lipinski definition) is 1. The zero-order valence-corrected chi connectivity index (χ0v) is 11.0. The van der Waals surface area contributed by atoms with E-state index < -0.39 is 0 Å². The Morgan fingerprint density at radius 2 is 1.82 bits per heavy atom. The van der Waals surface area contributed by atoms with Crippen molar-refractivity contribution in [1.29, 1.82) is 0 Å². The molecule has 17 heavy (non-hydrogen) atoms. The van der Waals surface area contributed by atoms with Gasteiger partial charge in [0.1, 0.15) is 0 Å². The number of likely N-dealkylation sites (tertiary alicyclic amines) is 1. The number of nitrogens with one attached hydrogen (secondary N) is 1. The number of nitrogens with zero attached hydrogens (tertiary/aromatic N) is 1. The molecule has 2 saturated heterocycles. The van der Waals surface area contributed by atoms with Crippen LogP contribution in [0.5, 0.6) is 0 Å². The first-order valence-corrected chi connectivity index (χ1v) is 7.03. The zero-order valence-electron chi connectivity index (χ0n) is 11.0. The number of ether oxygens (including phenoxy) is 2. The van der Waals surface area contributed by atoms with Crippen LogP contribution in [0.3, 0.4) is 0 Å². The van der Waals surface area contributed by atoms with Crippen LogP contribution >= 0.6 is 0 Å². The summed E-state index contributed by atoms with van der Waals surface area (Å²) in [6, 6.07) is 0.516. The highest BCUT2D eigenvalue weighted by atomic mass is 16.7. The van der Waals surface area contributed by atoms with Crippen LogP contribution < -0.4 is 5.32 Å². The molecule has 1 unspecified atom stereocenters. The molecule has 0 bridgehead atoms. The van der Waals surface area contributed by atoms with Crippen LogP contribution in [-0.2, 0) is 9.47 Å². The van der Waals surface area contributed by atoms with Gasteiger partial charge < -0.3 is 19.7 Å². The van der Waals surface area contributed by atoms with Crippen molar-refractivity contribution in [3.05, 3.63) is 0 Å². The third-order valence-electron chi connectivity index (χ3n) is 3.51. The molecule has 0 radical (unpaired) electrons. The van der Waals surface area contributed by atoms with Crippen molar-refractivity contribution in [2.24, 2.45) is 0 Å². The molecule has 2 rings (SSSR count). The summed E-state index contributed by atoms with van der Waals surface area (Å²) < 4.78 is 11.0. The van der Waals surface area contributed by atoms with Gasteiger partial charge in [-0.2, -0.15) is 0 Å². The summed E-state index contributed by atoms with van der Waals surface area (Å²) >= 11 is 0. The average molecular weight is 242 g/mol. The Kier molecular flexibility index (Phi) is 5.71. The Hall–Kier alpha value is -0.160. The maximum atomic E-state index is 5.52. The third-order valence-corrected chi connectivity index (χ3v) is 3.51. The highest BCUT2D eigenvalue weighted by Crippen LogP contribution is 2.09. The van der Waals surface area contributed by atoms with Gasteiger partial charge in [-0.05, 0) is 39.3 Å². The average Bonchev–Trinajstić information content (AvgIpc) is 2.39. The lowest BCUT2D eigenvalue weighted by molar-refractivity contribution is -0.175. The largest absolute Gasteiger partial charge is 0.351 e. The molecular formula is C13H26N2O2. The second-order valence-corrected chi connectivity index (χ2v) is 5.20. The molecule has 2 heterocycles. The van der Waals surface area contributed by atoms with E-state index in [1.165, 1.54) is 32.4 Å².